The molecule has 0 aliphatic rings. The molecule has 0 fully saturated rings. The monoisotopic (exact) mass is 368 g/mol. The maximum absolute atomic E-state index is 12.1. The van der Waals surface area contributed by atoms with E-state index in [4.69, 9.17) is 4.74 Å². The summed E-state index contributed by atoms with van der Waals surface area (Å²) in [5.74, 6) is -1.65. The second-order valence-electron chi connectivity index (χ2n) is 6.16. The van der Waals surface area contributed by atoms with Gasteiger partial charge in [-0.3, -0.25) is 0 Å². The molecule has 1 N–H and O–H groups in total. The molecule has 1 unspecified atom stereocenters. The Morgan fingerprint density at radius 1 is 1.27 bits per heavy atom. The van der Waals surface area contributed by atoms with Gasteiger partial charge in [0.25, 0.3) is 0 Å². The van der Waals surface area contributed by atoms with E-state index < -0.39 is 11.9 Å². The number of rotatable bonds is 8. The van der Waals surface area contributed by atoms with E-state index in [9.17, 15) is 14.7 Å². The van der Waals surface area contributed by atoms with Crippen molar-refractivity contribution in [3.63, 3.8) is 0 Å². The summed E-state index contributed by atoms with van der Waals surface area (Å²) in [6, 6.07) is 4.95. The van der Waals surface area contributed by atoms with Crippen LogP contribution in [0, 0.1) is 0 Å². The molecular formula is C17H25AsO4. The molecule has 0 aliphatic heterocycles. The zero-order chi connectivity index (χ0) is 16.8. The average molecular weight is 368 g/mol. The first-order valence-electron chi connectivity index (χ1n) is 7.57. The molecule has 0 spiro atoms. The Bertz CT molecular complexity index is 532. The summed E-state index contributed by atoms with van der Waals surface area (Å²) < 4.78 is 5.41. The van der Waals surface area contributed by atoms with Crippen LogP contribution in [0.4, 0.5) is 0 Å². The predicted molar refractivity (Wildman–Crippen MR) is 89.5 cm³/mol. The molecule has 0 radical (unpaired) electrons. The molecule has 5 heteroatoms. The Kier molecular flexibility index (Phi) is 7.15. The predicted octanol–water partition coefficient (Wildman–Crippen LogP) is 3.11. The molecular weight excluding hydrogens is 343 g/mol. The third-order valence-corrected chi connectivity index (χ3v) is 3.93. The summed E-state index contributed by atoms with van der Waals surface area (Å²) >= 11 is 1.68. The van der Waals surface area contributed by atoms with E-state index >= 15 is 0 Å². The number of ether oxygens (including phenoxy) is 1. The van der Waals surface area contributed by atoms with Crippen LogP contribution in [0.5, 0.6) is 0 Å². The summed E-state index contributed by atoms with van der Waals surface area (Å²) in [5, 5.41) is 9.23. The molecule has 0 heterocycles. The van der Waals surface area contributed by atoms with Crippen molar-refractivity contribution in [1.82, 2.24) is 0 Å². The number of aromatic carboxylic acids is 1. The molecule has 0 aliphatic carbocycles. The summed E-state index contributed by atoms with van der Waals surface area (Å²) in [5.41, 5.74) is 1.13. The minimum absolute atomic E-state index is 0.00484. The Morgan fingerprint density at radius 2 is 1.95 bits per heavy atom. The van der Waals surface area contributed by atoms with Gasteiger partial charge in [0.2, 0.25) is 0 Å². The number of hydrogen-bond donors (Lipinski definition) is 1. The van der Waals surface area contributed by atoms with E-state index in [-0.39, 0.29) is 15.3 Å². The molecule has 0 bridgehead atoms. The quantitative estimate of drug-likeness (QED) is 0.435. The fourth-order valence-electron chi connectivity index (χ4n) is 1.96. The summed E-state index contributed by atoms with van der Waals surface area (Å²) in [6.07, 6.45) is 3.51. The van der Waals surface area contributed by atoms with E-state index in [1.165, 1.54) is 6.07 Å². The van der Waals surface area contributed by atoms with Gasteiger partial charge in [-0.2, -0.15) is 0 Å². The van der Waals surface area contributed by atoms with Gasteiger partial charge < -0.3 is 0 Å². The third kappa shape index (κ3) is 6.23. The van der Waals surface area contributed by atoms with E-state index in [0.29, 0.717) is 6.61 Å². The van der Waals surface area contributed by atoms with Gasteiger partial charge in [0.15, 0.2) is 0 Å². The van der Waals surface area contributed by atoms with Crippen LogP contribution in [0.25, 0.3) is 0 Å². The first-order chi connectivity index (χ1) is 10.2. The Hall–Kier alpha value is -1.28. The zero-order valence-corrected chi connectivity index (χ0v) is 15.9. The molecule has 22 heavy (non-hydrogen) atoms. The van der Waals surface area contributed by atoms with Crippen LogP contribution >= 0.6 is 0 Å². The number of esters is 1. The van der Waals surface area contributed by atoms with Crippen molar-refractivity contribution < 1.29 is 19.4 Å². The molecule has 0 saturated carbocycles. The van der Waals surface area contributed by atoms with Gasteiger partial charge in [-0.05, 0) is 0 Å². The fourth-order valence-corrected chi connectivity index (χ4v) is 2.26. The fraction of sp³-hybridized carbons (Fsp3) is 0.529. The maximum atomic E-state index is 12.1. The van der Waals surface area contributed by atoms with E-state index in [0.717, 1.165) is 31.2 Å². The van der Waals surface area contributed by atoms with Gasteiger partial charge >= 0.3 is 140 Å². The summed E-state index contributed by atoms with van der Waals surface area (Å²) in [6.45, 7) is 6.69. The summed E-state index contributed by atoms with van der Waals surface area (Å²) in [7, 11) is 0. The number of hydrogen-bond acceptors (Lipinski definition) is 3. The van der Waals surface area contributed by atoms with Crippen molar-refractivity contribution >= 4 is 28.8 Å². The second kappa shape index (κ2) is 8.38. The standard InChI is InChI=1S/C17H25AsO4/c1-4-5-10-22-16(21)14-11-12(8-9-17(2,3)18)6-7-13(14)15(19)20/h6-7,11H,4-5,8-10,18H2,1-3H3,(H,19,20). The van der Waals surface area contributed by atoms with Gasteiger partial charge in [0, 0.05) is 0 Å². The van der Waals surface area contributed by atoms with Crippen molar-refractivity contribution in [2.45, 2.75) is 50.7 Å². The van der Waals surface area contributed by atoms with Gasteiger partial charge in [0.1, 0.15) is 0 Å². The molecule has 0 amide bonds. The molecule has 1 aromatic rings. The van der Waals surface area contributed by atoms with Gasteiger partial charge in [0.05, 0.1) is 0 Å². The Morgan fingerprint density at radius 3 is 2.50 bits per heavy atom. The molecule has 0 saturated heterocycles. The minimum atomic E-state index is -1.10. The van der Waals surface area contributed by atoms with Crippen LogP contribution in [0.2, 0.25) is 4.20 Å². The van der Waals surface area contributed by atoms with Crippen LogP contribution in [0.15, 0.2) is 18.2 Å². The normalized spacial score (nSPS) is 11.3. The van der Waals surface area contributed by atoms with Crippen LogP contribution in [0.3, 0.4) is 0 Å². The average Bonchev–Trinajstić information content (AvgIpc) is 2.44. The molecule has 1 rings (SSSR count). The zero-order valence-electron chi connectivity index (χ0n) is 13.5. The first kappa shape index (κ1) is 18.8. The number of benzene rings is 1. The van der Waals surface area contributed by atoms with Crippen LogP contribution in [0.1, 0.15) is 66.3 Å². The second-order valence-corrected chi connectivity index (χ2v) is 9.44. The Balaban J connectivity index is 2.95. The van der Waals surface area contributed by atoms with Crippen LogP contribution in [-0.2, 0) is 11.2 Å². The number of carbonyl (C=O) groups is 2. The van der Waals surface area contributed by atoms with Crippen molar-refractivity contribution in [1.29, 1.82) is 0 Å². The number of unbranched alkanes of at least 4 members (excludes halogenated alkanes) is 1. The molecule has 4 nitrogen and oxygen atoms in total. The third-order valence-electron chi connectivity index (χ3n) is 3.32. The van der Waals surface area contributed by atoms with Gasteiger partial charge in [-0.15, -0.1) is 0 Å². The van der Waals surface area contributed by atoms with E-state index in [2.05, 4.69) is 13.8 Å². The molecule has 122 valence electrons. The molecule has 1 aromatic carbocycles. The number of carbonyl (C=O) groups excluding carboxylic acids is 1. The number of carboxylic acids is 1. The van der Waals surface area contributed by atoms with Gasteiger partial charge in [-0.25, -0.2) is 0 Å². The molecule has 1 atom stereocenters. The van der Waals surface area contributed by atoms with Crippen LogP contribution < -0.4 is 0 Å². The number of aryl methyl sites for hydroxylation is 1. The SMILES string of the molecule is CCCCOC(=O)c1cc(CCC(C)(C)[AsH2])ccc1C(=O)O. The molecule has 0 aromatic heterocycles. The number of carboxylic acid groups (broad SMARTS) is 1. The van der Waals surface area contributed by atoms with Crippen molar-refractivity contribution in [3.8, 4) is 0 Å². The van der Waals surface area contributed by atoms with Gasteiger partial charge in [-0.1, -0.05) is 0 Å². The topological polar surface area (TPSA) is 63.6 Å². The van der Waals surface area contributed by atoms with E-state index in [1.54, 1.807) is 29.0 Å². The van der Waals surface area contributed by atoms with Crippen molar-refractivity contribution in [2.75, 3.05) is 6.61 Å². The summed E-state index contributed by atoms with van der Waals surface area (Å²) in [4.78, 5) is 23.4. The van der Waals surface area contributed by atoms with E-state index in [1.807, 2.05) is 6.92 Å². The van der Waals surface area contributed by atoms with Crippen molar-refractivity contribution in [2.24, 2.45) is 0 Å². The first-order valence-corrected chi connectivity index (χ1v) is 8.78. The Labute approximate surface area is 140 Å². The van der Waals surface area contributed by atoms with Crippen LogP contribution in [-0.4, -0.2) is 40.5 Å². The van der Waals surface area contributed by atoms with Crippen molar-refractivity contribution in [3.05, 3.63) is 34.9 Å².